The van der Waals surface area contributed by atoms with Crippen LogP contribution >= 0.6 is 34.8 Å². The summed E-state index contributed by atoms with van der Waals surface area (Å²) in [5.74, 6) is 0.257. The third kappa shape index (κ3) is 2.40. The minimum Gasteiger partial charge on any atom is -0.382 e. The quantitative estimate of drug-likeness (QED) is 0.732. The van der Waals surface area contributed by atoms with Crippen LogP contribution in [0.4, 0.5) is 5.82 Å². The van der Waals surface area contributed by atoms with Crippen LogP contribution in [0.3, 0.4) is 0 Å². The molecule has 102 valence electrons. The predicted molar refractivity (Wildman–Crippen MR) is 80.3 cm³/mol. The van der Waals surface area contributed by atoms with Gasteiger partial charge in [0.15, 0.2) is 11.5 Å². The highest BCUT2D eigenvalue weighted by molar-refractivity contribution is 6.42. The number of anilines is 1. The SMILES string of the molecule is Nc1nc(Cl)nc2c1ncn2Cc1ccc(Cl)c(Cl)c1. The van der Waals surface area contributed by atoms with Crippen molar-refractivity contribution in [1.82, 2.24) is 19.5 Å². The molecule has 3 aromatic rings. The molecule has 5 nitrogen and oxygen atoms in total. The Balaban J connectivity index is 2.04. The largest absolute Gasteiger partial charge is 0.382 e. The topological polar surface area (TPSA) is 69.6 Å². The van der Waals surface area contributed by atoms with Crippen molar-refractivity contribution in [2.75, 3.05) is 5.73 Å². The minimum absolute atomic E-state index is 0.0888. The van der Waals surface area contributed by atoms with Crippen molar-refractivity contribution in [2.24, 2.45) is 0 Å². The van der Waals surface area contributed by atoms with Crippen LogP contribution in [-0.2, 0) is 6.54 Å². The van der Waals surface area contributed by atoms with Crippen molar-refractivity contribution in [3.05, 3.63) is 45.4 Å². The molecule has 0 saturated carbocycles. The normalized spacial score (nSPS) is 11.2. The maximum absolute atomic E-state index is 6.00. The van der Waals surface area contributed by atoms with E-state index >= 15 is 0 Å². The Hall–Kier alpha value is -1.56. The number of hydrogen-bond acceptors (Lipinski definition) is 4. The molecule has 0 radical (unpaired) electrons. The summed E-state index contributed by atoms with van der Waals surface area (Å²) in [4.78, 5) is 12.2. The van der Waals surface area contributed by atoms with Gasteiger partial charge < -0.3 is 10.3 Å². The number of aromatic nitrogens is 4. The highest BCUT2D eigenvalue weighted by Gasteiger charge is 2.11. The number of hydrogen-bond donors (Lipinski definition) is 1. The van der Waals surface area contributed by atoms with E-state index in [2.05, 4.69) is 15.0 Å². The van der Waals surface area contributed by atoms with Crippen LogP contribution < -0.4 is 5.73 Å². The van der Waals surface area contributed by atoms with E-state index in [0.717, 1.165) is 5.56 Å². The zero-order chi connectivity index (χ0) is 14.3. The van der Waals surface area contributed by atoms with E-state index in [9.17, 15) is 0 Å². The third-order valence-corrected chi connectivity index (χ3v) is 3.71. The van der Waals surface area contributed by atoms with Gasteiger partial charge >= 0.3 is 0 Å². The molecule has 3 rings (SSSR count). The summed E-state index contributed by atoms with van der Waals surface area (Å²) in [5.41, 5.74) is 7.82. The van der Waals surface area contributed by atoms with E-state index in [-0.39, 0.29) is 11.1 Å². The molecular weight excluding hydrogens is 321 g/mol. The molecule has 0 atom stereocenters. The fraction of sp³-hybridized carbons (Fsp3) is 0.0833. The predicted octanol–water partition coefficient (Wildman–Crippen LogP) is 3.42. The van der Waals surface area contributed by atoms with Gasteiger partial charge in [0.05, 0.1) is 22.9 Å². The molecule has 0 unspecified atom stereocenters. The van der Waals surface area contributed by atoms with Crippen molar-refractivity contribution in [3.8, 4) is 0 Å². The van der Waals surface area contributed by atoms with Crippen LogP contribution in [0.15, 0.2) is 24.5 Å². The molecule has 0 bridgehead atoms. The van der Waals surface area contributed by atoms with Gasteiger partial charge in [-0.25, -0.2) is 4.98 Å². The summed E-state index contributed by atoms with van der Waals surface area (Å²) in [6.45, 7) is 0.528. The van der Waals surface area contributed by atoms with Gasteiger partial charge in [-0.15, -0.1) is 0 Å². The Kier molecular flexibility index (Phi) is 3.41. The minimum atomic E-state index is 0.0888. The highest BCUT2D eigenvalue weighted by atomic mass is 35.5. The zero-order valence-electron chi connectivity index (χ0n) is 10.0. The summed E-state index contributed by atoms with van der Waals surface area (Å²) in [6, 6.07) is 5.42. The van der Waals surface area contributed by atoms with E-state index in [1.54, 1.807) is 18.5 Å². The van der Waals surface area contributed by atoms with E-state index < -0.39 is 0 Å². The number of nitrogens with zero attached hydrogens (tertiary/aromatic N) is 4. The Morgan fingerprint density at radius 2 is 1.90 bits per heavy atom. The third-order valence-electron chi connectivity index (χ3n) is 2.80. The molecular formula is C12H8Cl3N5. The molecule has 0 spiro atoms. The van der Waals surface area contributed by atoms with Gasteiger partial charge in [-0.1, -0.05) is 29.3 Å². The smallest absolute Gasteiger partial charge is 0.226 e. The first-order valence-corrected chi connectivity index (χ1v) is 6.76. The van der Waals surface area contributed by atoms with E-state index in [4.69, 9.17) is 40.5 Å². The monoisotopic (exact) mass is 327 g/mol. The van der Waals surface area contributed by atoms with E-state index in [1.807, 2.05) is 10.6 Å². The van der Waals surface area contributed by atoms with Gasteiger partial charge in [-0.05, 0) is 29.3 Å². The van der Waals surface area contributed by atoms with Crippen molar-refractivity contribution >= 4 is 51.8 Å². The molecule has 0 saturated heterocycles. The van der Waals surface area contributed by atoms with Gasteiger partial charge in [0.1, 0.15) is 5.52 Å². The number of imidazole rings is 1. The van der Waals surface area contributed by atoms with E-state index in [0.29, 0.717) is 27.8 Å². The molecule has 20 heavy (non-hydrogen) atoms. The first kappa shape index (κ1) is 13.4. The van der Waals surface area contributed by atoms with Crippen molar-refractivity contribution in [3.63, 3.8) is 0 Å². The van der Waals surface area contributed by atoms with Gasteiger partial charge in [-0.2, -0.15) is 9.97 Å². The lowest BCUT2D eigenvalue weighted by Crippen LogP contribution is -2.01. The fourth-order valence-corrected chi connectivity index (χ4v) is 2.38. The van der Waals surface area contributed by atoms with Gasteiger partial charge in [0.2, 0.25) is 5.28 Å². The first-order chi connectivity index (χ1) is 9.54. The average Bonchev–Trinajstić information content (AvgIpc) is 2.77. The lowest BCUT2D eigenvalue weighted by atomic mass is 10.2. The zero-order valence-corrected chi connectivity index (χ0v) is 12.3. The maximum atomic E-state index is 6.00. The van der Waals surface area contributed by atoms with Crippen LogP contribution in [-0.4, -0.2) is 19.5 Å². The number of fused-ring (bicyclic) bond motifs is 1. The summed E-state index contributed by atoms with van der Waals surface area (Å²) in [6.07, 6.45) is 1.63. The lowest BCUT2D eigenvalue weighted by molar-refractivity contribution is 0.813. The Labute approximate surface area is 129 Å². The summed E-state index contributed by atoms with van der Waals surface area (Å²) >= 11 is 17.7. The molecule has 0 aliphatic heterocycles. The second-order valence-corrected chi connectivity index (χ2v) is 5.32. The Bertz CT molecular complexity index is 799. The summed E-state index contributed by atoms with van der Waals surface area (Å²) < 4.78 is 1.82. The summed E-state index contributed by atoms with van der Waals surface area (Å²) in [7, 11) is 0. The van der Waals surface area contributed by atoms with Crippen LogP contribution in [0.2, 0.25) is 15.3 Å². The molecule has 0 aliphatic carbocycles. The molecule has 0 fully saturated rings. The first-order valence-electron chi connectivity index (χ1n) is 5.62. The number of rotatable bonds is 2. The number of nitrogen functional groups attached to an aromatic ring is 1. The number of halogens is 3. The molecule has 1 aromatic carbocycles. The van der Waals surface area contributed by atoms with Gasteiger partial charge in [0, 0.05) is 0 Å². The van der Waals surface area contributed by atoms with Crippen LogP contribution in [0.5, 0.6) is 0 Å². The maximum Gasteiger partial charge on any atom is 0.226 e. The lowest BCUT2D eigenvalue weighted by Gasteiger charge is -2.05. The fourth-order valence-electron chi connectivity index (χ4n) is 1.89. The average molecular weight is 329 g/mol. The Morgan fingerprint density at radius 1 is 1.10 bits per heavy atom. The number of nitrogens with two attached hydrogens (primary N) is 1. The second kappa shape index (κ2) is 5.09. The van der Waals surface area contributed by atoms with Crippen molar-refractivity contribution < 1.29 is 0 Å². The molecule has 0 amide bonds. The summed E-state index contributed by atoms with van der Waals surface area (Å²) in [5, 5.41) is 1.10. The second-order valence-electron chi connectivity index (χ2n) is 4.17. The number of benzene rings is 1. The van der Waals surface area contributed by atoms with Crippen molar-refractivity contribution in [2.45, 2.75) is 6.54 Å². The Morgan fingerprint density at radius 3 is 2.65 bits per heavy atom. The van der Waals surface area contributed by atoms with Gasteiger partial charge in [-0.3, -0.25) is 0 Å². The molecule has 8 heteroatoms. The highest BCUT2D eigenvalue weighted by Crippen LogP contribution is 2.24. The van der Waals surface area contributed by atoms with Gasteiger partial charge in [0.25, 0.3) is 0 Å². The standard InChI is InChI=1S/C12H8Cl3N5/c13-7-2-1-6(3-8(7)14)4-20-5-17-9-10(16)18-12(15)19-11(9)20/h1-3,5H,4H2,(H2,16,18,19). The van der Waals surface area contributed by atoms with Crippen LogP contribution in [0, 0.1) is 0 Å². The van der Waals surface area contributed by atoms with Crippen LogP contribution in [0.1, 0.15) is 5.56 Å². The molecule has 2 heterocycles. The van der Waals surface area contributed by atoms with E-state index in [1.165, 1.54) is 0 Å². The molecule has 0 aliphatic rings. The molecule has 2 N–H and O–H groups in total. The van der Waals surface area contributed by atoms with Crippen molar-refractivity contribution in [1.29, 1.82) is 0 Å². The molecule has 2 aromatic heterocycles. The van der Waals surface area contributed by atoms with Crippen LogP contribution in [0.25, 0.3) is 11.2 Å².